The lowest BCUT2D eigenvalue weighted by Crippen LogP contribution is -2.38. The largest absolute Gasteiger partial charge is 0.416 e. The molecule has 1 aliphatic rings. The zero-order valence-corrected chi connectivity index (χ0v) is 15.2. The molecule has 4 nitrogen and oxygen atoms in total. The van der Waals surface area contributed by atoms with Gasteiger partial charge in [0.15, 0.2) is 0 Å². The van der Waals surface area contributed by atoms with Gasteiger partial charge in [-0.3, -0.25) is 4.90 Å². The third-order valence-electron chi connectivity index (χ3n) is 4.64. The molecular formula is C20H21F4N3O. The van der Waals surface area contributed by atoms with Crippen molar-refractivity contribution in [2.75, 3.05) is 31.5 Å². The second-order valence-corrected chi connectivity index (χ2v) is 6.75. The predicted molar refractivity (Wildman–Crippen MR) is 98.3 cm³/mol. The van der Waals surface area contributed by atoms with Gasteiger partial charge in [0.1, 0.15) is 5.82 Å². The summed E-state index contributed by atoms with van der Waals surface area (Å²) in [7, 11) is 0. The highest BCUT2D eigenvalue weighted by Crippen LogP contribution is 2.29. The molecule has 0 aliphatic carbocycles. The molecule has 0 radical (unpaired) electrons. The molecule has 1 saturated heterocycles. The van der Waals surface area contributed by atoms with Crippen LogP contribution in [-0.2, 0) is 12.7 Å². The van der Waals surface area contributed by atoms with E-state index in [2.05, 4.69) is 10.2 Å². The fourth-order valence-electron chi connectivity index (χ4n) is 3.16. The molecule has 0 aromatic heterocycles. The maximum absolute atomic E-state index is 13.2. The van der Waals surface area contributed by atoms with Crippen LogP contribution in [0.5, 0.6) is 0 Å². The maximum atomic E-state index is 13.2. The molecule has 8 heteroatoms. The number of rotatable bonds is 3. The predicted octanol–water partition coefficient (Wildman–Crippen LogP) is 4.58. The van der Waals surface area contributed by atoms with E-state index in [4.69, 9.17) is 0 Å². The van der Waals surface area contributed by atoms with E-state index >= 15 is 0 Å². The Morgan fingerprint density at radius 1 is 1.00 bits per heavy atom. The van der Waals surface area contributed by atoms with E-state index < -0.39 is 17.6 Å². The van der Waals surface area contributed by atoms with Crippen LogP contribution in [0.2, 0.25) is 0 Å². The van der Waals surface area contributed by atoms with E-state index in [1.54, 1.807) is 11.0 Å². The van der Waals surface area contributed by atoms with E-state index in [0.29, 0.717) is 31.9 Å². The molecule has 150 valence electrons. The van der Waals surface area contributed by atoms with Crippen LogP contribution in [0.25, 0.3) is 0 Å². The Hall–Kier alpha value is -2.61. The smallest absolute Gasteiger partial charge is 0.323 e. The van der Waals surface area contributed by atoms with Crippen molar-refractivity contribution in [2.45, 2.75) is 19.1 Å². The highest BCUT2D eigenvalue weighted by atomic mass is 19.4. The summed E-state index contributed by atoms with van der Waals surface area (Å²) in [6.07, 6.45) is -3.59. The van der Waals surface area contributed by atoms with Crippen LogP contribution in [-0.4, -0.2) is 42.0 Å². The third kappa shape index (κ3) is 5.45. The lowest BCUT2D eigenvalue weighted by atomic mass is 10.1. The fraction of sp³-hybridized carbons (Fsp3) is 0.350. The minimum Gasteiger partial charge on any atom is -0.323 e. The van der Waals surface area contributed by atoms with Gasteiger partial charge >= 0.3 is 12.2 Å². The molecule has 28 heavy (non-hydrogen) atoms. The Morgan fingerprint density at radius 3 is 2.43 bits per heavy atom. The van der Waals surface area contributed by atoms with Gasteiger partial charge in [-0.05, 0) is 42.3 Å². The number of hydrogen-bond acceptors (Lipinski definition) is 2. The van der Waals surface area contributed by atoms with Gasteiger partial charge in [-0.25, -0.2) is 9.18 Å². The van der Waals surface area contributed by atoms with Gasteiger partial charge < -0.3 is 10.2 Å². The first kappa shape index (κ1) is 20.1. The summed E-state index contributed by atoms with van der Waals surface area (Å²) in [4.78, 5) is 16.2. The van der Waals surface area contributed by atoms with E-state index in [0.717, 1.165) is 30.7 Å². The quantitative estimate of drug-likeness (QED) is 0.772. The second-order valence-electron chi connectivity index (χ2n) is 6.75. The summed E-state index contributed by atoms with van der Waals surface area (Å²) in [6.45, 7) is 2.92. The third-order valence-corrected chi connectivity index (χ3v) is 4.64. The second kappa shape index (κ2) is 8.60. The molecule has 2 aromatic rings. The minimum atomic E-state index is -4.34. The molecule has 1 heterocycles. The lowest BCUT2D eigenvalue weighted by Gasteiger charge is -2.22. The molecule has 1 N–H and O–H groups in total. The Bertz CT molecular complexity index is 808. The van der Waals surface area contributed by atoms with Crippen LogP contribution in [0.1, 0.15) is 17.5 Å². The average molecular weight is 395 g/mol. The first-order valence-corrected chi connectivity index (χ1v) is 9.01. The number of nitrogens with one attached hydrogen (secondary N) is 1. The number of amides is 2. The molecule has 1 aliphatic heterocycles. The number of benzene rings is 2. The van der Waals surface area contributed by atoms with Crippen LogP contribution in [0, 0.1) is 5.82 Å². The van der Waals surface area contributed by atoms with Crippen molar-refractivity contribution in [1.82, 2.24) is 9.80 Å². The van der Waals surface area contributed by atoms with Gasteiger partial charge in [0.05, 0.1) is 5.56 Å². The van der Waals surface area contributed by atoms with Crippen molar-refractivity contribution in [1.29, 1.82) is 0 Å². The van der Waals surface area contributed by atoms with Gasteiger partial charge in [-0.1, -0.05) is 18.2 Å². The fourth-order valence-corrected chi connectivity index (χ4v) is 3.16. The number of alkyl halides is 3. The zero-order chi connectivity index (χ0) is 20.1. The molecule has 1 fully saturated rings. The number of carbonyl (C=O) groups excluding carboxylic acids is 1. The summed E-state index contributed by atoms with van der Waals surface area (Å²) < 4.78 is 51.2. The standard InChI is InChI=1S/C20H21F4N3O/c21-17-3-1-4-18(13-17)25-19(28)27-10-2-9-26(11-12-27)14-15-5-7-16(8-6-15)20(22,23)24/h1,3-8,13H,2,9-12,14H2,(H,25,28). The van der Waals surface area contributed by atoms with Gasteiger partial charge in [-0.2, -0.15) is 13.2 Å². The van der Waals surface area contributed by atoms with E-state index in [-0.39, 0.29) is 6.03 Å². The van der Waals surface area contributed by atoms with Crippen molar-refractivity contribution < 1.29 is 22.4 Å². The van der Waals surface area contributed by atoms with Crippen molar-refractivity contribution in [3.63, 3.8) is 0 Å². The van der Waals surface area contributed by atoms with Crippen LogP contribution in [0.4, 0.5) is 28.0 Å². The zero-order valence-electron chi connectivity index (χ0n) is 15.2. The Morgan fingerprint density at radius 2 is 1.75 bits per heavy atom. The van der Waals surface area contributed by atoms with Crippen molar-refractivity contribution in [3.8, 4) is 0 Å². The summed E-state index contributed by atoms with van der Waals surface area (Å²) in [5, 5.41) is 2.69. The molecule has 0 spiro atoms. The van der Waals surface area contributed by atoms with Gasteiger partial charge in [0.25, 0.3) is 0 Å². The Labute approximate surface area is 160 Å². The molecule has 2 amide bonds. The number of halogens is 4. The van der Waals surface area contributed by atoms with Crippen LogP contribution < -0.4 is 5.32 Å². The topological polar surface area (TPSA) is 35.6 Å². The van der Waals surface area contributed by atoms with Crippen LogP contribution >= 0.6 is 0 Å². The average Bonchev–Trinajstić information content (AvgIpc) is 2.87. The van der Waals surface area contributed by atoms with Gasteiger partial charge in [0, 0.05) is 38.4 Å². The first-order valence-electron chi connectivity index (χ1n) is 9.01. The van der Waals surface area contributed by atoms with Crippen LogP contribution in [0.15, 0.2) is 48.5 Å². The van der Waals surface area contributed by atoms with Crippen LogP contribution in [0.3, 0.4) is 0 Å². The molecule has 0 atom stereocenters. The lowest BCUT2D eigenvalue weighted by molar-refractivity contribution is -0.137. The van der Waals surface area contributed by atoms with E-state index in [1.807, 2.05) is 0 Å². The van der Waals surface area contributed by atoms with Gasteiger partial charge in [-0.15, -0.1) is 0 Å². The molecular weight excluding hydrogens is 374 g/mol. The molecule has 3 rings (SSSR count). The minimum absolute atomic E-state index is 0.290. The highest BCUT2D eigenvalue weighted by molar-refractivity contribution is 5.89. The van der Waals surface area contributed by atoms with E-state index in [1.165, 1.54) is 30.3 Å². The van der Waals surface area contributed by atoms with Gasteiger partial charge in [0.2, 0.25) is 0 Å². The molecule has 0 bridgehead atoms. The summed E-state index contributed by atoms with van der Waals surface area (Å²) >= 11 is 0. The maximum Gasteiger partial charge on any atom is 0.416 e. The highest BCUT2D eigenvalue weighted by Gasteiger charge is 2.30. The number of carbonyl (C=O) groups is 1. The molecule has 2 aromatic carbocycles. The summed E-state index contributed by atoms with van der Waals surface area (Å²) in [6, 6.07) is 10.6. The Kier molecular flexibility index (Phi) is 6.18. The number of urea groups is 1. The summed E-state index contributed by atoms with van der Waals surface area (Å²) in [5.74, 6) is -0.420. The molecule has 0 unspecified atom stereocenters. The first-order chi connectivity index (χ1) is 13.3. The normalized spacial score (nSPS) is 15.9. The van der Waals surface area contributed by atoms with Crippen molar-refractivity contribution in [3.05, 3.63) is 65.5 Å². The van der Waals surface area contributed by atoms with Crippen molar-refractivity contribution >= 4 is 11.7 Å². The monoisotopic (exact) mass is 395 g/mol. The number of nitrogens with zero attached hydrogens (tertiary/aromatic N) is 2. The van der Waals surface area contributed by atoms with E-state index in [9.17, 15) is 22.4 Å². The van der Waals surface area contributed by atoms with Crippen molar-refractivity contribution in [2.24, 2.45) is 0 Å². The SMILES string of the molecule is O=C(Nc1cccc(F)c1)N1CCCN(Cc2ccc(C(F)(F)F)cc2)CC1. The molecule has 0 saturated carbocycles. The Balaban J connectivity index is 1.53. The number of hydrogen-bond donors (Lipinski definition) is 1. The number of anilines is 1. The summed E-state index contributed by atoms with van der Waals surface area (Å²) in [5.41, 5.74) is 0.536.